The Hall–Kier alpha value is -2.87. The van der Waals surface area contributed by atoms with Crippen LogP contribution in [0, 0.1) is 11.6 Å². The number of fused-ring (bicyclic) bond motifs is 1. The summed E-state index contributed by atoms with van der Waals surface area (Å²) in [6.45, 7) is 4.56. The number of benzene rings is 2. The number of hydrogen-bond acceptors (Lipinski definition) is 5. The van der Waals surface area contributed by atoms with E-state index in [1.54, 1.807) is 23.1 Å². The summed E-state index contributed by atoms with van der Waals surface area (Å²) < 4.78 is 40.5. The minimum absolute atomic E-state index is 0.0379. The van der Waals surface area contributed by atoms with Gasteiger partial charge < -0.3 is 25.0 Å². The van der Waals surface area contributed by atoms with Gasteiger partial charge in [-0.3, -0.25) is 4.79 Å². The van der Waals surface area contributed by atoms with Crippen molar-refractivity contribution in [1.29, 1.82) is 0 Å². The number of hydrogen-bond donors (Lipinski definition) is 2. The van der Waals surface area contributed by atoms with E-state index >= 15 is 0 Å². The molecular weight excluding hydrogens is 368 g/mol. The van der Waals surface area contributed by atoms with Gasteiger partial charge in [0.1, 0.15) is 11.4 Å². The molecule has 2 unspecified atom stereocenters. The van der Waals surface area contributed by atoms with Crippen molar-refractivity contribution in [2.45, 2.75) is 26.1 Å². The highest BCUT2D eigenvalue weighted by Crippen LogP contribution is 2.34. The molecule has 2 aliphatic heterocycles. The Morgan fingerprint density at radius 2 is 1.75 bits per heavy atom. The summed E-state index contributed by atoms with van der Waals surface area (Å²) in [4.78, 5) is 13.0. The van der Waals surface area contributed by atoms with Gasteiger partial charge in [-0.1, -0.05) is 0 Å². The van der Waals surface area contributed by atoms with Crippen LogP contribution in [0.2, 0.25) is 0 Å². The number of amides is 1. The molecule has 148 valence electrons. The van der Waals surface area contributed by atoms with E-state index in [1.165, 1.54) is 12.1 Å². The number of ether oxygens (including phenoxy) is 2. The molecule has 2 aromatic rings. The van der Waals surface area contributed by atoms with E-state index in [0.29, 0.717) is 30.2 Å². The molecule has 1 saturated heterocycles. The number of halogens is 2. The van der Waals surface area contributed by atoms with Crippen LogP contribution >= 0.6 is 0 Å². The first-order valence-corrected chi connectivity index (χ1v) is 9.12. The smallest absolute Gasteiger partial charge is 0.262 e. The molecule has 0 saturated carbocycles. The third-order valence-corrected chi connectivity index (χ3v) is 4.66. The van der Waals surface area contributed by atoms with E-state index in [4.69, 9.17) is 9.47 Å². The topological polar surface area (TPSA) is 62.8 Å². The molecule has 2 aliphatic rings. The van der Waals surface area contributed by atoms with Crippen LogP contribution in [0.5, 0.6) is 5.75 Å². The molecule has 8 heteroatoms. The second kappa shape index (κ2) is 7.27. The van der Waals surface area contributed by atoms with E-state index in [1.807, 2.05) is 13.8 Å². The Morgan fingerprint density at radius 3 is 2.43 bits per heavy atom. The highest BCUT2D eigenvalue weighted by Gasteiger charge is 2.27. The summed E-state index contributed by atoms with van der Waals surface area (Å²) in [5.74, 6) is -0.992. The zero-order valence-electron chi connectivity index (χ0n) is 15.6. The molecule has 1 fully saturated rings. The lowest BCUT2D eigenvalue weighted by Crippen LogP contribution is -2.46. The maximum absolute atomic E-state index is 14.7. The summed E-state index contributed by atoms with van der Waals surface area (Å²) in [6, 6.07) is 7.58. The number of nitrogens with one attached hydrogen (secondary N) is 2. The second-order valence-corrected chi connectivity index (χ2v) is 7.12. The fraction of sp³-hybridized carbons (Fsp3) is 0.350. The van der Waals surface area contributed by atoms with Crippen molar-refractivity contribution in [2.24, 2.45) is 0 Å². The first-order valence-electron chi connectivity index (χ1n) is 9.12. The predicted molar refractivity (Wildman–Crippen MR) is 102 cm³/mol. The number of rotatable bonds is 3. The SMILES string of the molecule is CC1CN(c2c(F)cc(Nc3ccc4c(c3)OCC(=O)N4)cc2F)CC(C)O1. The Labute approximate surface area is 161 Å². The second-order valence-electron chi connectivity index (χ2n) is 7.12. The Morgan fingerprint density at radius 1 is 1.07 bits per heavy atom. The molecule has 2 aromatic carbocycles. The molecule has 2 atom stereocenters. The van der Waals surface area contributed by atoms with E-state index in [9.17, 15) is 13.6 Å². The lowest BCUT2D eigenvalue weighted by Gasteiger charge is -2.37. The minimum atomic E-state index is -0.634. The Kier molecular flexibility index (Phi) is 4.80. The highest BCUT2D eigenvalue weighted by atomic mass is 19.1. The van der Waals surface area contributed by atoms with E-state index in [2.05, 4.69) is 10.6 Å². The van der Waals surface area contributed by atoms with Crippen molar-refractivity contribution < 1.29 is 23.0 Å². The summed E-state index contributed by atoms with van der Waals surface area (Å²) in [6.07, 6.45) is -0.201. The van der Waals surface area contributed by atoms with Crippen LogP contribution in [0.25, 0.3) is 0 Å². The van der Waals surface area contributed by atoms with E-state index in [-0.39, 0.29) is 36.1 Å². The molecular formula is C20H21F2N3O3. The molecule has 28 heavy (non-hydrogen) atoms. The Balaban J connectivity index is 1.56. The highest BCUT2D eigenvalue weighted by molar-refractivity contribution is 5.95. The van der Waals surface area contributed by atoms with Gasteiger partial charge >= 0.3 is 0 Å². The molecule has 0 spiro atoms. The van der Waals surface area contributed by atoms with Gasteiger partial charge in [0.05, 0.1) is 17.9 Å². The van der Waals surface area contributed by atoms with Crippen molar-refractivity contribution in [2.75, 3.05) is 35.2 Å². The monoisotopic (exact) mass is 389 g/mol. The van der Waals surface area contributed by atoms with E-state index < -0.39 is 11.6 Å². The molecule has 2 heterocycles. The molecule has 0 aliphatic carbocycles. The fourth-order valence-corrected chi connectivity index (χ4v) is 3.62. The standard InChI is InChI=1S/C20H21F2N3O3/c1-11-8-25(9-12(2)28-11)20-15(21)5-14(6-16(20)22)23-13-3-4-17-18(7-13)27-10-19(26)24-17/h3-7,11-12,23H,8-10H2,1-2H3,(H,24,26). The van der Waals surface area contributed by atoms with Gasteiger partial charge in [-0.15, -0.1) is 0 Å². The normalized spacial score (nSPS) is 21.6. The number of morpholine rings is 1. The maximum atomic E-state index is 14.7. The van der Waals surface area contributed by atoms with Gasteiger partial charge in [-0.25, -0.2) is 8.78 Å². The van der Waals surface area contributed by atoms with Crippen molar-refractivity contribution in [3.05, 3.63) is 42.0 Å². The average Bonchev–Trinajstić information content (AvgIpc) is 2.60. The first kappa shape index (κ1) is 18.5. The largest absolute Gasteiger partial charge is 0.482 e. The molecule has 6 nitrogen and oxygen atoms in total. The van der Waals surface area contributed by atoms with Crippen molar-refractivity contribution in [3.63, 3.8) is 0 Å². The molecule has 2 N–H and O–H groups in total. The summed E-state index contributed by atoms with van der Waals surface area (Å²) in [5.41, 5.74) is 1.40. The van der Waals surface area contributed by atoms with Gasteiger partial charge in [-0.05, 0) is 38.1 Å². The van der Waals surface area contributed by atoms with Crippen LogP contribution in [0.3, 0.4) is 0 Å². The van der Waals surface area contributed by atoms with Gasteiger partial charge in [0.25, 0.3) is 5.91 Å². The van der Waals surface area contributed by atoms with Crippen LogP contribution in [0.15, 0.2) is 30.3 Å². The number of carbonyl (C=O) groups is 1. The minimum Gasteiger partial charge on any atom is -0.482 e. The van der Waals surface area contributed by atoms with Gasteiger partial charge in [0, 0.05) is 30.5 Å². The van der Waals surface area contributed by atoms with Crippen LogP contribution in [-0.2, 0) is 9.53 Å². The van der Waals surface area contributed by atoms with Crippen LogP contribution in [0.4, 0.5) is 31.5 Å². The predicted octanol–water partition coefficient (Wildman–Crippen LogP) is 3.65. The lowest BCUT2D eigenvalue weighted by molar-refractivity contribution is -0.118. The van der Waals surface area contributed by atoms with Crippen LogP contribution in [-0.4, -0.2) is 37.8 Å². The third-order valence-electron chi connectivity index (χ3n) is 4.66. The maximum Gasteiger partial charge on any atom is 0.262 e. The van der Waals surface area contributed by atoms with Crippen molar-refractivity contribution >= 4 is 28.7 Å². The quantitative estimate of drug-likeness (QED) is 0.839. The van der Waals surface area contributed by atoms with Crippen LogP contribution < -0.4 is 20.3 Å². The lowest BCUT2D eigenvalue weighted by atomic mass is 10.1. The molecule has 0 bridgehead atoms. The van der Waals surface area contributed by atoms with Crippen molar-refractivity contribution in [1.82, 2.24) is 0 Å². The fourth-order valence-electron chi connectivity index (χ4n) is 3.62. The summed E-state index contributed by atoms with van der Waals surface area (Å²) in [5, 5.41) is 5.67. The Bertz CT molecular complexity index is 889. The summed E-state index contributed by atoms with van der Waals surface area (Å²) in [7, 11) is 0. The number of carbonyl (C=O) groups excluding carboxylic acids is 1. The molecule has 1 amide bonds. The van der Waals surface area contributed by atoms with Gasteiger partial charge in [0.15, 0.2) is 18.2 Å². The van der Waals surface area contributed by atoms with Crippen molar-refractivity contribution in [3.8, 4) is 5.75 Å². The molecule has 4 rings (SSSR count). The number of nitrogens with zero attached hydrogens (tertiary/aromatic N) is 1. The van der Waals surface area contributed by atoms with Crippen LogP contribution in [0.1, 0.15) is 13.8 Å². The zero-order chi connectivity index (χ0) is 19.8. The third kappa shape index (κ3) is 3.73. The van der Waals surface area contributed by atoms with Gasteiger partial charge in [0.2, 0.25) is 0 Å². The van der Waals surface area contributed by atoms with Gasteiger partial charge in [-0.2, -0.15) is 0 Å². The average molecular weight is 389 g/mol. The van der Waals surface area contributed by atoms with E-state index in [0.717, 1.165) is 0 Å². The summed E-state index contributed by atoms with van der Waals surface area (Å²) >= 11 is 0. The first-order chi connectivity index (χ1) is 13.4. The molecule has 0 aromatic heterocycles. The molecule has 0 radical (unpaired) electrons. The zero-order valence-corrected chi connectivity index (χ0v) is 15.6. The number of anilines is 4.